The molecule has 16 heavy (non-hydrogen) atoms. The topological polar surface area (TPSA) is 6.48 Å². The minimum atomic E-state index is 0.472. The van der Waals surface area contributed by atoms with Crippen LogP contribution in [0.15, 0.2) is 0 Å². The molecule has 0 amide bonds. The summed E-state index contributed by atoms with van der Waals surface area (Å²) in [6.07, 6.45) is 4.02. The average molecular weight is 226 g/mol. The largest absolute Gasteiger partial charge is 0.309 e. The van der Waals surface area contributed by atoms with Crippen molar-refractivity contribution >= 4 is 0 Å². The second-order valence-corrected chi connectivity index (χ2v) is 7.42. The highest BCUT2D eigenvalue weighted by Crippen LogP contribution is 2.47. The maximum absolute atomic E-state index is 2.46. The van der Waals surface area contributed by atoms with E-state index in [0.29, 0.717) is 10.8 Å². The van der Waals surface area contributed by atoms with E-state index in [1.807, 2.05) is 0 Å². The molecule has 2 heteroatoms. The highest BCUT2D eigenvalue weighted by molar-refractivity contribution is 4.95. The van der Waals surface area contributed by atoms with Gasteiger partial charge in [0, 0.05) is 12.6 Å². The van der Waals surface area contributed by atoms with E-state index in [1.54, 1.807) is 0 Å². The third-order valence-corrected chi connectivity index (χ3v) is 3.85. The lowest BCUT2D eigenvalue weighted by Crippen LogP contribution is -2.47. The summed E-state index contributed by atoms with van der Waals surface area (Å²) in [6, 6.07) is 0.744. The molecule has 1 saturated carbocycles. The number of nitrogens with zero attached hydrogens (tertiary/aromatic N) is 2. The number of rotatable bonds is 3. The highest BCUT2D eigenvalue weighted by Gasteiger charge is 2.41. The third kappa shape index (κ3) is 3.74. The summed E-state index contributed by atoms with van der Waals surface area (Å²) in [5, 5.41) is 0. The zero-order valence-corrected chi connectivity index (χ0v) is 12.3. The van der Waals surface area contributed by atoms with Crippen molar-refractivity contribution in [1.82, 2.24) is 9.80 Å². The molecule has 0 saturated heterocycles. The predicted molar refractivity (Wildman–Crippen MR) is 71.8 cm³/mol. The van der Waals surface area contributed by atoms with Crippen molar-refractivity contribution in [2.75, 3.05) is 34.7 Å². The Labute approximate surface area is 102 Å². The maximum atomic E-state index is 2.46. The predicted octanol–water partition coefficient (Wildman–Crippen LogP) is 2.69. The zero-order chi connectivity index (χ0) is 12.6. The fourth-order valence-electron chi connectivity index (χ4n) is 3.83. The van der Waals surface area contributed by atoms with Gasteiger partial charge < -0.3 is 9.80 Å². The van der Waals surface area contributed by atoms with E-state index in [2.05, 4.69) is 58.8 Å². The smallest absolute Gasteiger partial charge is 0.00999 e. The molecule has 1 fully saturated rings. The first kappa shape index (κ1) is 14.0. The second-order valence-electron chi connectivity index (χ2n) is 7.42. The molecule has 0 aromatic carbocycles. The van der Waals surface area contributed by atoms with Gasteiger partial charge in [-0.1, -0.05) is 20.8 Å². The molecule has 2 atom stereocenters. The molecule has 0 aromatic rings. The molecular weight excluding hydrogens is 196 g/mol. The zero-order valence-electron chi connectivity index (χ0n) is 12.3. The molecule has 0 spiro atoms. The second kappa shape index (κ2) is 4.66. The maximum Gasteiger partial charge on any atom is 0.00999 e. The summed E-state index contributed by atoms with van der Waals surface area (Å²) < 4.78 is 0. The van der Waals surface area contributed by atoms with Crippen LogP contribution in [0.5, 0.6) is 0 Å². The van der Waals surface area contributed by atoms with Crippen molar-refractivity contribution in [2.45, 2.75) is 46.1 Å². The molecule has 0 N–H and O–H groups in total. The van der Waals surface area contributed by atoms with Gasteiger partial charge in [0.25, 0.3) is 0 Å². The van der Waals surface area contributed by atoms with E-state index in [-0.39, 0.29) is 0 Å². The summed E-state index contributed by atoms with van der Waals surface area (Å²) >= 11 is 0. The van der Waals surface area contributed by atoms with Crippen molar-refractivity contribution in [3.05, 3.63) is 0 Å². The lowest BCUT2D eigenvalue weighted by atomic mass is 9.62. The van der Waals surface area contributed by atoms with E-state index >= 15 is 0 Å². The Balaban J connectivity index is 2.78. The Morgan fingerprint density at radius 3 is 2.00 bits per heavy atom. The van der Waals surface area contributed by atoms with Gasteiger partial charge >= 0.3 is 0 Å². The van der Waals surface area contributed by atoms with Crippen LogP contribution in [0.25, 0.3) is 0 Å². The number of hydrogen-bond acceptors (Lipinski definition) is 2. The van der Waals surface area contributed by atoms with E-state index in [0.717, 1.165) is 6.04 Å². The van der Waals surface area contributed by atoms with Crippen LogP contribution >= 0.6 is 0 Å². The molecule has 1 aliphatic carbocycles. The van der Waals surface area contributed by atoms with Crippen molar-refractivity contribution < 1.29 is 0 Å². The SMILES string of the molecule is CN(C)CC1(C)CC(N(C)C)CC(C)(C)C1. The van der Waals surface area contributed by atoms with Crippen LogP contribution in [-0.2, 0) is 0 Å². The van der Waals surface area contributed by atoms with Crippen LogP contribution in [0, 0.1) is 10.8 Å². The van der Waals surface area contributed by atoms with Gasteiger partial charge in [-0.05, 0) is 58.3 Å². The van der Waals surface area contributed by atoms with Crippen LogP contribution < -0.4 is 0 Å². The Morgan fingerprint density at radius 1 is 1.00 bits per heavy atom. The Hall–Kier alpha value is -0.0800. The summed E-state index contributed by atoms with van der Waals surface area (Å²) in [5.74, 6) is 0. The van der Waals surface area contributed by atoms with Gasteiger partial charge in [-0.3, -0.25) is 0 Å². The van der Waals surface area contributed by atoms with Crippen molar-refractivity contribution in [3.63, 3.8) is 0 Å². The van der Waals surface area contributed by atoms with Crippen LogP contribution in [0.1, 0.15) is 40.0 Å². The van der Waals surface area contributed by atoms with Gasteiger partial charge in [-0.15, -0.1) is 0 Å². The lowest BCUT2D eigenvalue weighted by Gasteiger charge is -2.49. The van der Waals surface area contributed by atoms with E-state index in [4.69, 9.17) is 0 Å². The molecule has 2 unspecified atom stereocenters. The average Bonchev–Trinajstić information content (AvgIpc) is 1.96. The molecule has 96 valence electrons. The molecular formula is C14H30N2. The molecule has 0 bridgehead atoms. The first-order chi connectivity index (χ1) is 7.14. The quantitative estimate of drug-likeness (QED) is 0.730. The molecule has 1 rings (SSSR count). The molecule has 0 radical (unpaired) electrons. The van der Waals surface area contributed by atoms with Gasteiger partial charge in [0.2, 0.25) is 0 Å². The van der Waals surface area contributed by atoms with Gasteiger partial charge in [0.15, 0.2) is 0 Å². The summed E-state index contributed by atoms with van der Waals surface area (Å²) in [4.78, 5) is 4.75. The van der Waals surface area contributed by atoms with Crippen LogP contribution in [0.3, 0.4) is 0 Å². The van der Waals surface area contributed by atoms with Crippen LogP contribution in [0.4, 0.5) is 0 Å². The Morgan fingerprint density at radius 2 is 1.56 bits per heavy atom. The molecule has 2 nitrogen and oxygen atoms in total. The van der Waals surface area contributed by atoms with Gasteiger partial charge in [-0.25, -0.2) is 0 Å². The molecule has 1 aliphatic rings. The molecule has 0 aromatic heterocycles. The standard InChI is InChI=1S/C14H30N2/c1-13(2)8-12(16(6)7)9-14(3,10-13)11-15(4)5/h12H,8-11H2,1-7H3. The van der Waals surface area contributed by atoms with Gasteiger partial charge in [0.1, 0.15) is 0 Å². The Bertz CT molecular complexity index is 233. The van der Waals surface area contributed by atoms with E-state index < -0.39 is 0 Å². The minimum Gasteiger partial charge on any atom is -0.309 e. The van der Waals surface area contributed by atoms with Crippen molar-refractivity contribution in [2.24, 2.45) is 10.8 Å². The van der Waals surface area contributed by atoms with E-state index in [9.17, 15) is 0 Å². The van der Waals surface area contributed by atoms with Crippen molar-refractivity contribution in [1.29, 1.82) is 0 Å². The van der Waals surface area contributed by atoms with Crippen LogP contribution in [0.2, 0.25) is 0 Å². The summed E-state index contributed by atoms with van der Waals surface area (Å²) in [7, 11) is 8.83. The monoisotopic (exact) mass is 226 g/mol. The fraction of sp³-hybridized carbons (Fsp3) is 1.00. The molecule has 0 heterocycles. The van der Waals surface area contributed by atoms with Crippen molar-refractivity contribution in [3.8, 4) is 0 Å². The number of hydrogen-bond donors (Lipinski definition) is 0. The van der Waals surface area contributed by atoms with Gasteiger partial charge in [0.05, 0.1) is 0 Å². The third-order valence-electron chi connectivity index (χ3n) is 3.85. The Kier molecular flexibility index (Phi) is 4.07. The first-order valence-corrected chi connectivity index (χ1v) is 6.45. The summed E-state index contributed by atoms with van der Waals surface area (Å²) in [5.41, 5.74) is 0.956. The summed E-state index contributed by atoms with van der Waals surface area (Å²) in [6.45, 7) is 8.53. The van der Waals surface area contributed by atoms with Crippen LogP contribution in [-0.4, -0.2) is 50.6 Å². The van der Waals surface area contributed by atoms with Gasteiger partial charge in [-0.2, -0.15) is 0 Å². The minimum absolute atomic E-state index is 0.472. The fourth-order valence-corrected chi connectivity index (χ4v) is 3.83. The lowest BCUT2D eigenvalue weighted by molar-refractivity contribution is 0.0188. The van der Waals surface area contributed by atoms with E-state index in [1.165, 1.54) is 25.8 Å². The normalized spacial score (nSPS) is 34.7. The first-order valence-electron chi connectivity index (χ1n) is 6.45. The highest BCUT2D eigenvalue weighted by atomic mass is 15.1. The molecule has 0 aliphatic heterocycles.